The van der Waals surface area contributed by atoms with E-state index in [0.29, 0.717) is 22.9 Å². The Labute approximate surface area is 165 Å². The molecule has 2 N–H and O–H groups in total. The van der Waals surface area contributed by atoms with Crippen molar-refractivity contribution in [3.05, 3.63) is 65.0 Å². The normalized spacial score (nSPS) is 11.9. The molecule has 3 rings (SSSR count). The Balaban J connectivity index is 1.57. The van der Waals surface area contributed by atoms with E-state index in [2.05, 4.69) is 10.3 Å². The molecular formula is C20H20F2N3O2S+. The molecule has 28 heavy (non-hydrogen) atoms. The molecule has 0 bridgehead atoms. The van der Waals surface area contributed by atoms with Crippen LogP contribution >= 0.6 is 11.3 Å². The lowest BCUT2D eigenvalue weighted by molar-refractivity contribution is -0.885. The number of likely N-dealkylation sites (N-methyl/N-ethyl adjacent to an activating group) is 1. The Morgan fingerprint density at radius 2 is 2.04 bits per heavy atom. The SMILES string of the molecule is COc1cccc(C[NH+](C)CC(=O)Nc2nc(-c3ccc(F)c(F)c3)cs2)c1. The number of methoxy groups -OCH3 is 1. The van der Waals surface area contributed by atoms with Gasteiger partial charge in [-0.1, -0.05) is 12.1 Å². The van der Waals surface area contributed by atoms with Crippen LogP contribution in [0.4, 0.5) is 13.9 Å². The average Bonchev–Trinajstić information content (AvgIpc) is 3.12. The van der Waals surface area contributed by atoms with E-state index in [9.17, 15) is 13.6 Å². The quantitative estimate of drug-likeness (QED) is 0.637. The number of hydrogen-bond acceptors (Lipinski definition) is 4. The predicted molar refractivity (Wildman–Crippen MR) is 105 cm³/mol. The third kappa shape index (κ3) is 5.11. The van der Waals surface area contributed by atoms with Gasteiger partial charge in [0.05, 0.1) is 19.9 Å². The first kappa shape index (κ1) is 19.9. The second-order valence-corrected chi connectivity index (χ2v) is 7.24. The number of aromatic nitrogens is 1. The summed E-state index contributed by atoms with van der Waals surface area (Å²) < 4.78 is 31.6. The minimum Gasteiger partial charge on any atom is -0.497 e. The van der Waals surface area contributed by atoms with Crippen molar-refractivity contribution < 1.29 is 23.2 Å². The smallest absolute Gasteiger partial charge is 0.281 e. The maximum atomic E-state index is 13.4. The Kier molecular flexibility index (Phi) is 6.33. The lowest BCUT2D eigenvalue weighted by atomic mass is 10.2. The van der Waals surface area contributed by atoms with Crippen molar-refractivity contribution in [1.82, 2.24) is 4.98 Å². The zero-order valence-corrected chi connectivity index (χ0v) is 16.3. The van der Waals surface area contributed by atoms with E-state index in [-0.39, 0.29) is 12.5 Å². The molecule has 0 aliphatic rings. The molecule has 1 unspecified atom stereocenters. The monoisotopic (exact) mass is 404 g/mol. The molecule has 1 aromatic heterocycles. The van der Waals surface area contributed by atoms with E-state index in [1.54, 1.807) is 12.5 Å². The van der Waals surface area contributed by atoms with Crippen LogP contribution in [0, 0.1) is 11.6 Å². The summed E-state index contributed by atoms with van der Waals surface area (Å²) in [5.41, 5.74) is 2.01. The summed E-state index contributed by atoms with van der Waals surface area (Å²) in [5, 5.41) is 4.86. The van der Waals surface area contributed by atoms with Crippen molar-refractivity contribution in [1.29, 1.82) is 0 Å². The third-order valence-electron chi connectivity index (χ3n) is 4.07. The molecule has 1 atom stereocenters. The first-order valence-electron chi connectivity index (χ1n) is 8.59. The zero-order chi connectivity index (χ0) is 20.1. The lowest BCUT2D eigenvalue weighted by Gasteiger charge is -2.13. The van der Waals surface area contributed by atoms with Crippen molar-refractivity contribution in [2.75, 3.05) is 26.0 Å². The van der Waals surface area contributed by atoms with Gasteiger partial charge in [0.1, 0.15) is 12.3 Å². The van der Waals surface area contributed by atoms with Gasteiger partial charge in [-0.3, -0.25) is 10.1 Å². The fourth-order valence-corrected chi connectivity index (χ4v) is 3.49. The molecule has 1 heterocycles. The van der Waals surface area contributed by atoms with E-state index in [0.717, 1.165) is 28.3 Å². The van der Waals surface area contributed by atoms with Gasteiger partial charge in [-0.05, 0) is 30.3 Å². The molecule has 0 saturated carbocycles. The van der Waals surface area contributed by atoms with Gasteiger partial charge in [0.15, 0.2) is 23.3 Å². The minimum absolute atomic E-state index is 0.174. The molecule has 0 spiro atoms. The van der Waals surface area contributed by atoms with E-state index >= 15 is 0 Å². The molecule has 0 aliphatic carbocycles. The number of nitrogens with one attached hydrogen (secondary N) is 2. The highest BCUT2D eigenvalue weighted by Gasteiger charge is 2.14. The highest BCUT2D eigenvalue weighted by molar-refractivity contribution is 7.14. The number of anilines is 1. The molecule has 0 aliphatic heterocycles. The van der Waals surface area contributed by atoms with Crippen LogP contribution in [0.5, 0.6) is 5.75 Å². The van der Waals surface area contributed by atoms with Gasteiger partial charge in [-0.2, -0.15) is 0 Å². The van der Waals surface area contributed by atoms with Crippen LogP contribution in [0.2, 0.25) is 0 Å². The maximum Gasteiger partial charge on any atom is 0.281 e. The second kappa shape index (κ2) is 8.90. The number of quaternary nitrogens is 1. The van der Waals surface area contributed by atoms with Gasteiger partial charge >= 0.3 is 0 Å². The number of halogens is 2. The largest absolute Gasteiger partial charge is 0.497 e. The molecule has 0 saturated heterocycles. The lowest BCUT2D eigenvalue weighted by Crippen LogP contribution is -3.08. The summed E-state index contributed by atoms with van der Waals surface area (Å²) in [7, 11) is 3.54. The fraction of sp³-hybridized carbons (Fsp3) is 0.200. The van der Waals surface area contributed by atoms with Crippen LogP contribution in [-0.2, 0) is 11.3 Å². The van der Waals surface area contributed by atoms with Crippen molar-refractivity contribution in [3.8, 4) is 17.0 Å². The fourth-order valence-electron chi connectivity index (χ4n) is 2.75. The Morgan fingerprint density at radius 3 is 2.79 bits per heavy atom. The van der Waals surface area contributed by atoms with E-state index in [1.807, 2.05) is 31.3 Å². The highest BCUT2D eigenvalue weighted by Crippen LogP contribution is 2.26. The van der Waals surface area contributed by atoms with Crippen LogP contribution in [0.1, 0.15) is 5.56 Å². The highest BCUT2D eigenvalue weighted by atomic mass is 32.1. The van der Waals surface area contributed by atoms with Crippen LogP contribution in [0.25, 0.3) is 11.3 Å². The zero-order valence-electron chi connectivity index (χ0n) is 15.5. The standard InChI is InChI=1S/C20H19F2N3O2S/c1-25(10-13-4-3-5-15(8-13)27-2)11-19(26)24-20-23-18(12-28-20)14-6-7-16(21)17(22)9-14/h3-9,12H,10-11H2,1-2H3,(H,23,24,26)/p+1. The van der Waals surface area contributed by atoms with Crippen LogP contribution in [0.15, 0.2) is 47.8 Å². The van der Waals surface area contributed by atoms with Crippen molar-refractivity contribution in [2.24, 2.45) is 0 Å². The van der Waals surface area contributed by atoms with Crippen LogP contribution in [-0.4, -0.2) is 31.6 Å². The summed E-state index contributed by atoms with van der Waals surface area (Å²) in [6.07, 6.45) is 0. The van der Waals surface area contributed by atoms with E-state index in [1.165, 1.54) is 17.4 Å². The maximum absolute atomic E-state index is 13.4. The number of rotatable bonds is 7. The van der Waals surface area contributed by atoms with E-state index in [4.69, 9.17) is 4.74 Å². The Hall–Kier alpha value is -2.84. The number of amides is 1. The minimum atomic E-state index is -0.932. The Bertz CT molecular complexity index is 978. The summed E-state index contributed by atoms with van der Waals surface area (Å²) >= 11 is 1.23. The molecule has 2 aromatic carbocycles. The number of carbonyl (C=O) groups is 1. The number of carbonyl (C=O) groups excluding carboxylic acids is 1. The van der Waals surface area contributed by atoms with Crippen molar-refractivity contribution in [3.63, 3.8) is 0 Å². The molecular weight excluding hydrogens is 384 g/mol. The summed E-state index contributed by atoms with van der Waals surface area (Å²) in [6.45, 7) is 0.930. The van der Waals surface area contributed by atoms with Gasteiger partial charge in [-0.15, -0.1) is 11.3 Å². The summed E-state index contributed by atoms with van der Waals surface area (Å²) in [4.78, 5) is 17.6. The Morgan fingerprint density at radius 1 is 1.21 bits per heavy atom. The van der Waals surface area contributed by atoms with E-state index < -0.39 is 11.6 Å². The van der Waals surface area contributed by atoms with Crippen LogP contribution in [0.3, 0.4) is 0 Å². The van der Waals surface area contributed by atoms with Gasteiger partial charge in [0.2, 0.25) is 0 Å². The third-order valence-corrected chi connectivity index (χ3v) is 4.83. The van der Waals surface area contributed by atoms with Gasteiger partial charge < -0.3 is 9.64 Å². The number of thiazole rings is 1. The van der Waals surface area contributed by atoms with Crippen molar-refractivity contribution >= 4 is 22.4 Å². The molecule has 8 heteroatoms. The van der Waals surface area contributed by atoms with Gasteiger partial charge in [-0.25, -0.2) is 13.8 Å². The topological polar surface area (TPSA) is 55.7 Å². The molecule has 0 radical (unpaired) electrons. The predicted octanol–water partition coefficient (Wildman–Crippen LogP) is 2.75. The molecule has 146 valence electrons. The van der Waals surface area contributed by atoms with Gasteiger partial charge in [0, 0.05) is 16.5 Å². The number of ether oxygens (including phenoxy) is 1. The first-order chi connectivity index (χ1) is 13.4. The average molecular weight is 404 g/mol. The molecule has 1 amide bonds. The number of nitrogens with zero attached hydrogens (tertiary/aromatic N) is 1. The number of hydrogen-bond donors (Lipinski definition) is 2. The summed E-state index contributed by atoms with van der Waals surface area (Å²) in [5.74, 6) is -1.23. The first-order valence-corrected chi connectivity index (χ1v) is 9.47. The van der Waals surface area contributed by atoms with Gasteiger partial charge in [0.25, 0.3) is 5.91 Å². The molecule has 5 nitrogen and oxygen atoms in total. The summed E-state index contributed by atoms with van der Waals surface area (Å²) in [6, 6.07) is 11.3. The number of benzene rings is 2. The molecule has 3 aromatic rings. The second-order valence-electron chi connectivity index (χ2n) is 6.38. The van der Waals surface area contributed by atoms with Crippen molar-refractivity contribution in [2.45, 2.75) is 6.54 Å². The molecule has 0 fully saturated rings. The van der Waals surface area contributed by atoms with Crippen LogP contribution < -0.4 is 15.0 Å².